The van der Waals surface area contributed by atoms with E-state index >= 15 is 0 Å². The zero-order valence-corrected chi connectivity index (χ0v) is 14.4. The summed E-state index contributed by atoms with van der Waals surface area (Å²) in [5.74, 6) is -0.271. The molecule has 1 heterocycles. The molecule has 1 fully saturated rings. The van der Waals surface area contributed by atoms with E-state index in [1.807, 2.05) is 12.1 Å². The van der Waals surface area contributed by atoms with Crippen LogP contribution in [0.25, 0.3) is 0 Å². The maximum Gasteiger partial charge on any atom is 0.255 e. The molecular weight excluding hydrogens is 349 g/mol. The van der Waals surface area contributed by atoms with Crippen molar-refractivity contribution in [2.75, 3.05) is 42.3 Å². The van der Waals surface area contributed by atoms with Gasteiger partial charge < -0.3 is 20.7 Å². The molecule has 0 aliphatic carbocycles. The van der Waals surface area contributed by atoms with E-state index in [-0.39, 0.29) is 5.91 Å². The number of nitrogen functional groups attached to an aromatic ring is 1. The topological polar surface area (TPSA) is 67.6 Å². The number of rotatable bonds is 3. The summed E-state index contributed by atoms with van der Waals surface area (Å²) in [6, 6.07) is 10.2. The van der Waals surface area contributed by atoms with E-state index in [4.69, 9.17) is 33.7 Å². The van der Waals surface area contributed by atoms with Gasteiger partial charge in [-0.1, -0.05) is 23.2 Å². The normalized spacial score (nSPS) is 14.5. The average molecular weight is 366 g/mol. The molecule has 24 heavy (non-hydrogen) atoms. The molecule has 0 radical (unpaired) electrons. The highest BCUT2D eigenvalue weighted by molar-refractivity contribution is 6.42. The van der Waals surface area contributed by atoms with Gasteiger partial charge in [0.15, 0.2) is 0 Å². The lowest BCUT2D eigenvalue weighted by Gasteiger charge is -2.30. The molecule has 7 heteroatoms. The maximum atomic E-state index is 12.3. The number of nitrogens with one attached hydrogen (secondary N) is 1. The molecular formula is C17H17Cl2N3O2. The molecule has 1 saturated heterocycles. The maximum absolute atomic E-state index is 12.3. The van der Waals surface area contributed by atoms with Gasteiger partial charge in [0.2, 0.25) is 0 Å². The second-order valence-corrected chi connectivity index (χ2v) is 6.27. The Morgan fingerprint density at radius 1 is 1.08 bits per heavy atom. The van der Waals surface area contributed by atoms with Crippen molar-refractivity contribution in [2.24, 2.45) is 0 Å². The van der Waals surface area contributed by atoms with Crippen molar-refractivity contribution in [3.63, 3.8) is 0 Å². The number of benzene rings is 2. The van der Waals surface area contributed by atoms with Crippen molar-refractivity contribution in [2.45, 2.75) is 0 Å². The summed E-state index contributed by atoms with van der Waals surface area (Å²) in [6.07, 6.45) is 0. The molecule has 2 aromatic rings. The molecule has 2 aromatic carbocycles. The smallest absolute Gasteiger partial charge is 0.255 e. The van der Waals surface area contributed by atoms with Crippen LogP contribution in [0.5, 0.6) is 0 Å². The molecule has 1 aliphatic heterocycles. The molecule has 0 unspecified atom stereocenters. The molecule has 5 nitrogen and oxygen atoms in total. The lowest BCUT2D eigenvalue weighted by atomic mass is 10.2. The summed E-state index contributed by atoms with van der Waals surface area (Å²) in [6.45, 7) is 2.99. The Labute approximate surface area is 150 Å². The van der Waals surface area contributed by atoms with Crippen molar-refractivity contribution in [1.82, 2.24) is 0 Å². The Balaban J connectivity index is 1.74. The molecule has 0 aromatic heterocycles. The lowest BCUT2D eigenvalue weighted by Crippen LogP contribution is -2.36. The summed E-state index contributed by atoms with van der Waals surface area (Å²) in [4.78, 5) is 14.5. The number of halogens is 2. The summed E-state index contributed by atoms with van der Waals surface area (Å²) in [5.41, 5.74) is 8.76. The van der Waals surface area contributed by atoms with Crippen LogP contribution < -0.4 is 16.0 Å². The fourth-order valence-electron chi connectivity index (χ4n) is 2.57. The zero-order chi connectivity index (χ0) is 17.1. The average Bonchev–Trinajstić information content (AvgIpc) is 2.58. The van der Waals surface area contributed by atoms with Crippen LogP contribution in [0, 0.1) is 0 Å². The Hall–Kier alpha value is -1.95. The Kier molecular flexibility index (Phi) is 5.14. The van der Waals surface area contributed by atoms with Crippen molar-refractivity contribution in [1.29, 1.82) is 0 Å². The van der Waals surface area contributed by atoms with Crippen LogP contribution in [-0.2, 0) is 4.74 Å². The molecule has 1 amide bonds. The number of nitrogens with two attached hydrogens (primary N) is 1. The zero-order valence-electron chi connectivity index (χ0n) is 12.9. The largest absolute Gasteiger partial charge is 0.397 e. The van der Waals surface area contributed by atoms with E-state index in [1.54, 1.807) is 18.2 Å². The van der Waals surface area contributed by atoms with E-state index in [9.17, 15) is 4.79 Å². The fourth-order valence-corrected chi connectivity index (χ4v) is 2.86. The fraction of sp³-hybridized carbons (Fsp3) is 0.235. The molecule has 0 atom stereocenters. The van der Waals surface area contributed by atoms with Gasteiger partial charge in [-0.3, -0.25) is 4.79 Å². The number of hydrogen-bond donors (Lipinski definition) is 2. The van der Waals surface area contributed by atoms with E-state index in [1.165, 1.54) is 6.07 Å². The number of ether oxygens (including phenoxy) is 1. The first-order valence-electron chi connectivity index (χ1n) is 7.53. The van der Waals surface area contributed by atoms with Crippen LogP contribution >= 0.6 is 23.2 Å². The van der Waals surface area contributed by atoms with E-state index in [0.717, 1.165) is 18.8 Å². The van der Waals surface area contributed by atoms with Crippen molar-refractivity contribution in [3.8, 4) is 0 Å². The summed E-state index contributed by atoms with van der Waals surface area (Å²) < 4.78 is 5.34. The first-order valence-corrected chi connectivity index (χ1v) is 8.29. The minimum Gasteiger partial charge on any atom is -0.397 e. The number of morpholine rings is 1. The van der Waals surface area contributed by atoms with Gasteiger partial charge in [-0.05, 0) is 36.4 Å². The Morgan fingerprint density at radius 3 is 2.50 bits per heavy atom. The molecule has 0 bridgehead atoms. The van der Waals surface area contributed by atoms with E-state index in [0.29, 0.717) is 40.2 Å². The predicted molar refractivity (Wildman–Crippen MR) is 98.3 cm³/mol. The molecule has 0 saturated carbocycles. The Morgan fingerprint density at radius 2 is 1.83 bits per heavy atom. The molecule has 3 rings (SSSR count). The van der Waals surface area contributed by atoms with Gasteiger partial charge in [-0.2, -0.15) is 0 Å². The van der Waals surface area contributed by atoms with Crippen LogP contribution in [0.4, 0.5) is 17.1 Å². The number of carbonyl (C=O) groups excluding carboxylic acids is 1. The van der Waals surface area contributed by atoms with Gasteiger partial charge in [0.1, 0.15) is 0 Å². The van der Waals surface area contributed by atoms with Crippen molar-refractivity contribution < 1.29 is 9.53 Å². The first-order chi connectivity index (χ1) is 11.5. The third-order valence-electron chi connectivity index (χ3n) is 3.82. The third kappa shape index (κ3) is 3.75. The van der Waals surface area contributed by atoms with Gasteiger partial charge in [0.25, 0.3) is 5.91 Å². The summed E-state index contributed by atoms with van der Waals surface area (Å²) in [7, 11) is 0. The highest BCUT2D eigenvalue weighted by Crippen LogP contribution is 2.28. The second-order valence-electron chi connectivity index (χ2n) is 5.46. The number of hydrogen-bond acceptors (Lipinski definition) is 4. The van der Waals surface area contributed by atoms with Crippen LogP contribution in [0.15, 0.2) is 36.4 Å². The number of nitrogens with zero attached hydrogens (tertiary/aromatic N) is 1. The summed E-state index contributed by atoms with van der Waals surface area (Å²) in [5, 5.41) is 3.56. The molecule has 1 aliphatic rings. The Bertz CT molecular complexity index is 761. The third-order valence-corrected chi connectivity index (χ3v) is 4.56. The van der Waals surface area contributed by atoms with Crippen LogP contribution in [0.2, 0.25) is 10.0 Å². The summed E-state index contributed by atoms with van der Waals surface area (Å²) >= 11 is 11.8. The highest BCUT2D eigenvalue weighted by atomic mass is 35.5. The van der Waals surface area contributed by atoms with Crippen LogP contribution in [-0.4, -0.2) is 32.2 Å². The minimum absolute atomic E-state index is 0.271. The lowest BCUT2D eigenvalue weighted by molar-refractivity contribution is 0.102. The van der Waals surface area contributed by atoms with Gasteiger partial charge in [-0.15, -0.1) is 0 Å². The number of amides is 1. The minimum atomic E-state index is -0.271. The quantitative estimate of drug-likeness (QED) is 0.814. The molecule has 0 spiro atoms. The standard InChI is InChI=1S/C17H17Cl2N3O2/c18-13-3-1-11(9-14(13)19)17(23)21-12-2-4-16(15(20)10-12)22-5-7-24-8-6-22/h1-4,9-10H,5-8,20H2,(H,21,23). The van der Waals surface area contributed by atoms with Crippen LogP contribution in [0.1, 0.15) is 10.4 Å². The van der Waals surface area contributed by atoms with E-state index in [2.05, 4.69) is 10.2 Å². The predicted octanol–water partition coefficient (Wildman–Crippen LogP) is 3.66. The van der Waals surface area contributed by atoms with Gasteiger partial charge >= 0.3 is 0 Å². The SMILES string of the molecule is Nc1cc(NC(=O)c2ccc(Cl)c(Cl)c2)ccc1N1CCOCC1. The van der Waals surface area contributed by atoms with Crippen molar-refractivity contribution >= 4 is 46.2 Å². The van der Waals surface area contributed by atoms with Crippen molar-refractivity contribution in [3.05, 3.63) is 52.0 Å². The second kappa shape index (κ2) is 7.30. The van der Waals surface area contributed by atoms with Gasteiger partial charge in [0.05, 0.1) is 34.6 Å². The monoisotopic (exact) mass is 365 g/mol. The van der Waals surface area contributed by atoms with Gasteiger partial charge in [-0.25, -0.2) is 0 Å². The number of carbonyl (C=O) groups is 1. The van der Waals surface area contributed by atoms with Gasteiger partial charge in [0, 0.05) is 24.3 Å². The highest BCUT2D eigenvalue weighted by Gasteiger charge is 2.15. The first kappa shape index (κ1) is 16.9. The molecule has 3 N–H and O–H groups in total. The number of anilines is 3. The van der Waals surface area contributed by atoms with Crippen LogP contribution in [0.3, 0.4) is 0 Å². The van der Waals surface area contributed by atoms with E-state index < -0.39 is 0 Å². The molecule has 126 valence electrons.